The maximum Gasteiger partial charge on any atom is 0.243 e. The SMILES string of the molecule is CC(C)NC(=O)CCNc1nc2ccc(F)cn2n1. The summed E-state index contributed by atoms with van der Waals surface area (Å²) in [6.45, 7) is 4.24. The number of hydrogen-bond donors (Lipinski definition) is 2. The lowest BCUT2D eigenvalue weighted by Gasteiger charge is -2.07. The third kappa shape index (κ3) is 3.64. The molecule has 6 nitrogen and oxygen atoms in total. The second kappa shape index (κ2) is 5.64. The van der Waals surface area contributed by atoms with Gasteiger partial charge < -0.3 is 10.6 Å². The highest BCUT2D eigenvalue weighted by Crippen LogP contribution is 2.06. The summed E-state index contributed by atoms with van der Waals surface area (Å²) in [7, 11) is 0. The molecule has 0 aromatic carbocycles. The zero-order valence-corrected chi connectivity index (χ0v) is 10.9. The fourth-order valence-corrected chi connectivity index (χ4v) is 1.61. The number of nitrogens with zero attached hydrogens (tertiary/aromatic N) is 3. The molecule has 0 aliphatic carbocycles. The Bertz CT molecular complexity index is 581. The number of amides is 1. The van der Waals surface area contributed by atoms with E-state index in [0.717, 1.165) is 0 Å². The van der Waals surface area contributed by atoms with Gasteiger partial charge in [-0.3, -0.25) is 4.79 Å². The highest BCUT2D eigenvalue weighted by molar-refractivity contribution is 5.76. The summed E-state index contributed by atoms with van der Waals surface area (Å²) in [6.07, 6.45) is 1.58. The number of halogens is 1. The molecule has 2 aromatic heterocycles. The Morgan fingerprint density at radius 1 is 1.47 bits per heavy atom. The minimum Gasteiger partial charge on any atom is -0.354 e. The molecule has 0 aliphatic heterocycles. The third-order valence-corrected chi connectivity index (χ3v) is 2.38. The molecule has 1 amide bonds. The molecule has 0 saturated carbocycles. The molecule has 0 spiro atoms. The third-order valence-electron chi connectivity index (χ3n) is 2.38. The molecule has 0 atom stereocenters. The van der Waals surface area contributed by atoms with Crippen molar-refractivity contribution >= 4 is 17.5 Å². The predicted molar refractivity (Wildman–Crippen MR) is 69.3 cm³/mol. The van der Waals surface area contributed by atoms with Crippen molar-refractivity contribution in [3.63, 3.8) is 0 Å². The zero-order valence-electron chi connectivity index (χ0n) is 10.9. The van der Waals surface area contributed by atoms with Crippen LogP contribution in [0.25, 0.3) is 5.65 Å². The van der Waals surface area contributed by atoms with E-state index >= 15 is 0 Å². The van der Waals surface area contributed by atoms with Crippen molar-refractivity contribution in [2.45, 2.75) is 26.3 Å². The maximum absolute atomic E-state index is 13.0. The van der Waals surface area contributed by atoms with Gasteiger partial charge in [0.2, 0.25) is 11.9 Å². The van der Waals surface area contributed by atoms with E-state index in [1.54, 1.807) is 6.07 Å². The molecule has 0 fully saturated rings. The van der Waals surface area contributed by atoms with E-state index in [9.17, 15) is 9.18 Å². The average Bonchev–Trinajstić information content (AvgIpc) is 2.69. The van der Waals surface area contributed by atoms with Crippen molar-refractivity contribution in [1.29, 1.82) is 0 Å². The summed E-state index contributed by atoms with van der Waals surface area (Å²) in [4.78, 5) is 15.6. The molecule has 0 radical (unpaired) electrons. The van der Waals surface area contributed by atoms with Crippen LogP contribution in [0.2, 0.25) is 0 Å². The molecule has 0 unspecified atom stereocenters. The van der Waals surface area contributed by atoms with Gasteiger partial charge in [0.25, 0.3) is 0 Å². The van der Waals surface area contributed by atoms with Crippen LogP contribution in [0.1, 0.15) is 20.3 Å². The largest absolute Gasteiger partial charge is 0.354 e. The predicted octanol–water partition coefficient (Wildman–Crippen LogP) is 1.19. The second-order valence-corrected chi connectivity index (χ2v) is 4.48. The van der Waals surface area contributed by atoms with Gasteiger partial charge in [-0.1, -0.05) is 0 Å². The quantitative estimate of drug-likeness (QED) is 0.852. The average molecular weight is 265 g/mol. The molecule has 19 heavy (non-hydrogen) atoms. The van der Waals surface area contributed by atoms with Crippen LogP contribution in [-0.2, 0) is 4.79 Å². The highest BCUT2D eigenvalue weighted by atomic mass is 19.1. The van der Waals surface area contributed by atoms with Crippen LogP contribution in [0.15, 0.2) is 18.3 Å². The monoisotopic (exact) mass is 265 g/mol. The van der Waals surface area contributed by atoms with Crippen LogP contribution in [0.3, 0.4) is 0 Å². The first-order chi connectivity index (χ1) is 9.04. The van der Waals surface area contributed by atoms with E-state index in [0.29, 0.717) is 24.6 Å². The van der Waals surface area contributed by atoms with Crippen molar-refractivity contribution in [1.82, 2.24) is 19.9 Å². The second-order valence-electron chi connectivity index (χ2n) is 4.48. The summed E-state index contributed by atoms with van der Waals surface area (Å²) in [6, 6.07) is 2.99. The van der Waals surface area contributed by atoms with E-state index in [2.05, 4.69) is 20.7 Å². The molecule has 0 bridgehead atoms. The lowest BCUT2D eigenvalue weighted by molar-refractivity contribution is -0.121. The Balaban J connectivity index is 1.89. The topological polar surface area (TPSA) is 71.3 Å². The van der Waals surface area contributed by atoms with Gasteiger partial charge >= 0.3 is 0 Å². The molecule has 7 heteroatoms. The van der Waals surface area contributed by atoms with Gasteiger partial charge in [0, 0.05) is 19.0 Å². The molecule has 102 valence electrons. The van der Waals surface area contributed by atoms with Gasteiger partial charge in [-0.05, 0) is 26.0 Å². The lowest BCUT2D eigenvalue weighted by atomic mass is 10.3. The van der Waals surface area contributed by atoms with E-state index in [1.807, 2.05) is 13.8 Å². The number of rotatable bonds is 5. The Hall–Kier alpha value is -2.18. The Labute approximate surface area is 110 Å². The van der Waals surface area contributed by atoms with Gasteiger partial charge in [-0.2, -0.15) is 4.98 Å². The maximum atomic E-state index is 13.0. The van der Waals surface area contributed by atoms with Crippen LogP contribution >= 0.6 is 0 Å². The van der Waals surface area contributed by atoms with E-state index in [1.165, 1.54) is 16.8 Å². The number of carbonyl (C=O) groups is 1. The standard InChI is InChI=1S/C12H16FN5O/c1-8(2)15-11(19)5-6-14-12-16-10-4-3-9(13)7-18(10)17-12/h3-4,7-8H,5-6H2,1-2H3,(H,14,17)(H,15,19). The van der Waals surface area contributed by atoms with Crippen molar-refractivity contribution in [3.05, 3.63) is 24.1 Å². The summed E-state index contributed by atoms with van der Waals surface area (Å²) in [5.74, 6) is -0.0273. The van der Waals surface area contributed by atoms with Gasteiger partial charge in [-0.15, -0.1) is 5.10 Å². The van der Waals surface area contributed by atoms with Gasteiger partial charge in [0.15, 0.2) is 5.65 Å². The Morgan fingerprint density at radius 2 is 2.26 bits per heavy atom. The summed E-state index contributed by atoms with van der Waals surface area (Å²) in [5.41, 5.74) is 0.551. The summed E-state index contributed by atoms with van der Waals surface area (Å²) < 4.78 is 14.3. The van der Waals surface area contributed by atoms with Gasteiger partial charge in [0.1, 0.15) is 5.82 Å². The lowest BCUT2D eigenvalue weighted by Crippen LogP contribution is -2.31. The number of carbonyl (C=O) groups excluding carboxylic acids is 1. The van der Waals surface area contributed by atoms with Crippen molar-refractivity contribution in [2.75, 3.05) is 11.9 Å². The number of fused-ring (bicyclic) bond motifs is 1. The Morgan fingerprint density at radius 3 is 3.00 bits per heavy atom. The highest BCUT2D eigenvalue weighted by Gasteiger charge is 2.06. The molecule has 2 rings (SSSR count). The van der Waals surface area contributed by atoms with Gasteiger partial charge in [0.05, 0.1) is 6.20 Å². The van der Waals surface area contributed by atoms with E-state index in [-0.39, 0.29) is 17.8 Å². The number of pyridine rings is 1. The van der Waals surface area contributed by atoms with Crippen molar-refractivity contribution < 1.29 is 9.18 Å². The van der Waals surface area contributed by atoms with E-state index < -0.39 is 0 Å². The molecule has 2 N–H and O–H groups in total. The normalized spacial score (nSPS) is 10.9. The summed E-state index contributed by atoms with van der Waals surface area (Å²) >= 11 is 0. The first-order valence-electron chi connectivity index (χ1n) is 6.10. The minimum atomic E-state index is -0.375. The number of nitrogens with one attached hydrogen (secondary N) is 2. The van der Waals surface area contributed by atoms with Crippen LogP contribution in [0.5, 0.6) is 0 Å². The molecule has 2 aromatic rings. The van der Waals surface area contributed by atoms with Crippen LogP contribution in [0, 0.1) is 5.82 Å². The fraction of sp³-hybridized carbons (Fsp3) is 0.417. The number of aromatic nitrogens is 3. The fourth-order valence-electron chi connectivity index (χ4n) is 1.61. The Kier molecular flexibility index (Phi) is 3.94. The van der Waals surface area contributed by atoms with Crippen molar-refractivity contribution in [2.24, 2.45) is 0 Å². The minimum absolute atomic E-state index is 0.0303. The number of hydrogen-bond acceptors (Lipinski definition) is 4. The van der Waals surface area contributed by atoms with Crippen LogP contribution in [0.4, 0.5) is 10.3 Å². The molecule has 2 heterocycles. The van der Waals surface area contributed by atoms with Crippen LogP contribution < -0.4 is 10.6 Å². The molecule has 0 aliphatic rings. The smallest absolute Gasteiger partial charge is 0.243 e. The molecular formula is C12H16FN5O. The summed E-state index contributed by atoms with van der Waals surface area (Å²) in [5, 5.41) is 9.77. The first-order valence-corrected chi connectivity index (χ1v) is 6.10. The van der Waals surface area contributed by atoms with Gasteiger partial charge in [-0.25, -0.2) is 8.91 Å². The molecule has 0 saturated heterocycles. The molecular weight excluding hydrogens is 249 g/mol. The van der Waals surface area contributed by atoms with E-state index in [4.69, 9.17) is 0 Å². The first kappa shape index (κ1) is 13.3. The number of anilines is 1. The van der Waals surface area contributed by atoms with Crippen LogP contribution in [-0.4, -0.2) is 33.1 Å². The van der Waals surface area contributed by atoms with Crippen molar-refractivity contribution in [3.8, 4) is 0 Å². The zero-order chi connectivity index (χ0) is 13.8.